The Balaban J connectivity index is 1.32. The molecule has 2 N–H and O–H groups in total. The summed E-state index contributed by atoms with van der Waals surface area (Å²) in [5.41, 5.74) is 2.68. The van der Waals surface area contributed by atoms with Crippen LogP contribution < -0.4 is 10.1 Å². The van der Waals surface area contributed by atoms with Gasteiger partial charge in [0.05, 0.1) is 5.56 Å². The van der Waals surface area contributed by atoms with Crippen LogP contribution in [0.5, 0.6) is 5.75 Å². The third-order valence-corrected chi connectivity index (χ3v) is 5.78. The van der Waals surface area contributed by atoms with E-state index >= 15 is 0 Å². The van der Waals surface area contributed by atoms with E-state index in [9.17, 15) is 4.79 Å². The minimum absolute atomic E-state index is 0.320. The zero-order valence-electron chi connectivity index (χ0n) is 17.4. The van der Waals surface area contributed by atoms with Crippen LogP contribution in [0.15, 0.2) is 48.5 Å². The van der Waals surface area contributed by atoms with Gasteiger partial charge in [-0.25, -0.2) is 4.79 Å². The Hall–Kier alpha value is -2.37. The quantitative estimate of drug-likeness (QED) is 0.600. The monoisotopic (exact) mass is 396 g/mol. The highest BCUT2D eigenvalue weighted by Crippen LogP contribution is 2.21. The molecule has 0 radical (unpaired) electrons. The second kappa shape index (κ2) is 10.4. The van der Waals surface area contributed by atoms with Crippen molar-refractivity contribution in [2.75, 3.05) is 32.8 Å². The minimum Gasteiger partial charge on any atom is -0.492 e. The molecule has 156 valence electrons. The maximum absolute atomic E-state index is 10.9. The van der Waals surface area contributed by atoms with E-state index in [1.807, 2.05) is 12.1 Å². The van der Waals surface area contributed by atoms with Gasteiger partial charge in [-0.3, -0.25) is 4.90 Å². The molecule has 0 bridgehead atoms. The van der Waals surface area contributed by atoms with Gasteiger partial charge >= 0.3 is 5.97 Å². The molecular weight excluding hydrogens is 364 g/mol. The first-order chi connectivity index (χ1) is 14.0. The number of rotatable bonds is 10. The van der Waals surface area contributed by atoms with Gasteiger partial charge in [0.1, 0.15) is 12.4 Å². The van der Waals surface area contributed by atoms with Crippen molar-refractivity contribution < 1.29 is 14.6 Å². The molecule has 2 unspecified atom stereocenters. The topological polar surface area (TPSA) is 61.8 Å². The molecule has 1 fully saturated rings. The Labute approximate surface area is 173 Å². The highest BCUT2D eigenvalue weighted by atomic mass is 16.5. The van der Waals surface area contributed by atoms with Crippen LogP contribution in [0.4, 0.5) is 0 Å². The molecule has 0 aliphatic carbocycles. The first-order valence-corrected chi connectivity index (χ1v) is 10.5. The third kappa shape index (κ3) is 6.58. The summed E-state index contributed by atoms with van der Waals surface area (Å²) in [6.45, 7) is 10.3. The number of nitrogens with one attached hydrogen (secondary N) is 1. The first kappa shape index (κ1) is 21.3. The summed E-state index contributed by atoms with van der Waals surface area (Å²) in [4.78, 5) is 13.4. The maximum Gasteiger partial charge on any atom is 0.335 e. The Morgan fingerprint density at radius 3 is 2.28 bits per heavy atom. The number of carboxylic acid groups (broad SMARTS) is 1. The van der Waals surface area contributed by atoms with Gasteiger partial charge < -0.3 is 15.2 Å². The van der Waals surface area contributed by atoms with Crippen molar-refractivity contribution in [2.24, 2.45) is 11.8 Å². The van der Waals surface area contributed by atoms with E-state index in [2.05, 4.69) is 48.3 Å². The van der Waals surface area contributed by atoms with Crippen molar-refractivity contribution in [1.29, 1.82) is 0 Å². The normalized spacial score (nSPS) is 19.4. The van der Waals surface area contributed by atoms with Crippen LogP contribution in [0.1, 0.15) is 35.3 Å². The SMILES string of the molecule is CC1CN(CCOc2ccc(CCNCc3ccc(C(=O)O)cc3)cc2)CC1C. The summed E-state index contributed by atoms with van der Waals surface area (Å²) in [5, 5.41) is 12.3. The number of carbonyl (C=O) groups is 1. The van der Waals surface area contributed by atoms with Crippen molar-refractivity contribution >= 4 is 5.97 Å². The fourth-order valence-electron chi connectivity index (χ4n) is 3.71. The second-order valence-corrected chi connectivity index (χ2v) is 8.14. The van der Waals surface area contributed by atoms with Gasteiger partial charge in [-0.05, 0) is 60.2 Å². The molecule has 1 heterocycles. The lowest BCUT2D eigenvalue weighted by atomic mass is 10.0. The van der Waals surface area contributed by atoms with E-state index in [1.54, 1.807) is 12.1 Å². The molecule has 1 aliphatic heterocycles. The van der Waals surface area contributed by atoms with E-state index in [1.165, 1.54) is 18.7 Å². The van der Waals surface area contributed by atoms with Crippen molar-refractivity contribution in [3.63, 3.8) is 0 Å². The van der Waals surface area contributed by atoms with Gasteiger partial charge in [-0.1, -0.05) is 38.1 Å². The van der Waals surface area contributed by atoms with E-state index in [0.29, 0.717) is 5.56 Å². The van der Waals surface area contributed by atoms with Crippen LogP contribution in [-0.4, -0.2) is 48.8 Å². The zero-order valence-corrected chi connectivity index (χ0v) is 17.4. The number of likely N-dealkylation sites (tertiary alicyclic amines) is 1. The molecule has 29 heavy (non-hydrogen) atoms. The van der Waals surface area contributed by atoms with Crippen molar-refractivity contribution in [3.8, 4) is 5.75 Å². The predicted octanol–water partition coefficient (Wildman–Crippen LogP) is 3.68. The number of ether oxygens (including phenoxy) is 1. The number of aromatic carboxylic acids is 1. The Morgan fingerprint density at radius 1 is 1.03 bits per heavy atom. The molecule has 5 heteroatoms. The fourth-order valence-corrected chi connectivity index (χ4v) is 3.71. The van der Waals surface area contributed by atoms with Gasteiger partial charge in [0, 0.05) is 26.2 Å². The number of carboxylic acids is 1. The second-order valence-electron chi connectivity index (χ2n) is 8.14. The van der Waals surface area contributed by atoms with E-state index < -0.39 is 5.97 Å². The lowest BCUT2D eigenvalue weighted by Crippen LogP contribution is -2.26. The summed E-state index contributed by atoms with van der Waals surface area (Å²) < 4.78 is 5.90. The predicted molar refractivity (Wildman–Crippen MR) is 116 cm³/mol. The summed E-state index contributed by atoms with van der Waals surface area (Å²) >= 11 is 0. The largest absolute Gasteiger partial charge is 0.492 e. The van der Waals surface area contributed by atoms with Gasteiger partial charge in [-0.2, -0.15) is 0 Å². The molecule has 0 amide bonds. The third-order valence-electron chi connectivity index (χ3n) is 5.78. The van der Waals surface area contributed by atoms with Crippen LogP contribution in [0.2, 0.25) is 0 Å². The Morgan fingerprint density at radius 2 is 1.66 bits per heavy atom. The summed E-state index contributed by atoms with van der Waals surface area (Å²) in [5.74, 6) is 1.61. The smallest absolute Gasteiger partial charge is 0.335 e. The van der Waals surface area contributed by atoms with Gasteiger partial charge in [-0.15, -0.1) is 0 Å². The Kier molecular flexibility index (Phi) is 7.67. The van der Waals surface area contributed by atoms with Gasteiger partial charge in [0.25, 0.3) is 0 Å². The summed E-state index contributed by atoms with van der Waals surface area (Å²) in [6.07, 6.45) is 0.942. The molecule has 1 saturated heterocycles. The average molecular weight is 397 g/mol. The molecule has 5 nitrogen and oxygen atoms in total. The number of nitrogens with zero attached hydrogens (tertiary/aromatic N) is 1. The highest BCUT2D eigenvalue weighted by molar-refractivity contribution is 5.87. The molecule has 0 aromatic heterocycles. The molecule has 2 aromatic carbocycles. The van der Waals surface area contributed by atoms with Crippen LogP contribution in [0.3, 0.4) is 0 Å². The molecule has 3 rings (SSSR count). The van der Waals surface area contributed by atoms with Crippen LogP contribution >= 0.6 is 0 Å². The summed E-state index contributed by atoms with van der Waals surface area (Å²) in [6, 6.07) is 15.3. The van der Waals surface area contributed by atoms with E-state index in [-0.39, 0.29) is 0 Å². The van der Waals surface area contributed by atoms with Crippen molar-refractivity contribution in [3.05, 3.63) is 65.2 Å². The van der Waals surface area contributed by atoms with Gasteiger partial charge in [0.15, 0.2) is 0 Å². The first-order valence-electron chi connectivity index (χ1n) is 10.5. The van der Waals surface area contributed by atoms with Crippen LogP contribution in [0, 0.1) is 11.8 Å². The van der Waals surface area contributed by atoms with Gasteiger partial charge in [0.2, 0.25) is 0 Å². The zero-order chi connectivity index (χ0) is 20.6. The molecular formula is C24H32N2O3. The lowest BCUT2D eigenvalue weighted by Gasteiger charge is -2.16. The van der Waals surface area contributed by atoms with E-state index in [4.69, 9.17) is 9.84 Å². The summed E-state index contributed by atoms with van der Waals surface area (Å²) in [7, 11) is 0. The Bertz CT molecular complexity index is 764. The molecule has 0 spiro atoms. The minimum atomic E-state index is -0.892. The molecule has 2 aromatic rings. The number of benzene rings is 2. The maximum atomic E-state index is 10.9. The fraction of sp³-hybridized carbons (Fsp3) is 0.458. The van der Waals surface area contributed by atoms with E-state index in [0.717, 1.165) is 55.8 Å². The van der Waals surface area contributed by atoms with Crippen molar-refractivity contribution in [2.45, 2.75) is 26.8 Å². The average Bonchev–Trinajstić information content (AvgIpc) is 3.04. The van der Waals surface area contributed by atoms with Crippen molar-refractivity contribution in [1.82, 2.24) is 10.2 Å². The molecule has 1 aliphatic rings. The highest BCUT2D eigenvalue weighted by Gasteiger charge is 2.25. The van der Waals surface area contributed by atoms with Crippen LogP contribution in [-0.2, 0) is 13.0 Å². The molecule has 2 atom stereocenters. The molecule has 0 saturated carbocycles. The van der Waals surface area contributed by atoms with Crippen LogP contribution in [0.25, 0.3) is 0 Å². The number of hydrogen-bond donors (Lipinski definition) is 2. The standard InChI is InChI=1S/C24H32N2O3/c1-18-16-26(17-19(18)2)13-14-29-23-9-5-20(6-10-23)11-12-25-15-21-3-7-22(8-4-21)24(27)28/h3-10,18-19,25H,11-17H2,1-2H3,(H,27,28). The number of hydrogen-bond acceptors (Lipinski definition) is 4. The lowest BCUT2D eigenvalue weighted by molar-refractivity contribution is 0.0697.